The van der Waals surface area contributed by atoms with Gasteiger partial charge < -0.3 is 10.5 Å². The third-order valence-electron chi connectivity index (χ3n) is 2.79. The molecule has 1 unspecified atom stereocenters. The lowest BCUT2D eigenvalue weighted by Gasteiger charge is -2.29. The molecule has 1 aromatic carbocycles. The van der Waals surface area contributed by atoms with E-state index in [9.17, 15) is 9.18 Å². The van der Waals surface area contributed by atoms with Gasteiger partial charge in [0.1, 0.15) is 5.82 Å². The summed E-state index contributed by atoms with van der Waals surface area (Å²) < 4.78 is 17.7. The van der Waals surface area contributed by atoms with Gasteiger partial charge in [0, 0.05) is 6.04 Å². The van der Waals surface area contributed by atoms with Crippen molar-refractivity contribution in [3.8, 4) is 0 Å². The molecule has 17 heavy (non-hydrogen) atoms. The van der Waals surface area contributed by atoms with Crippen molar-refractivity contribution < 1.29 is 13.9 Å². The lowest BCUT2D eigenvalue weighted by molar-refractivity contribution is -0.152. The summed E-state index contributed by atoms with van der Waals surface area (Å²) in [6.45, 7) is 3.33. The average Bonchev–Trinajstić information content (AvgIpc) is 2.30. The number of methoxy groups -OCH3 is 1. The number of carbonyl (C=O) groups is 1. The molecule has 1 rings (SSSR count). The summed E-state index contributed by atoms with van der Waals surface area (Å²) >= 11 is 5.67. The molecule has 0 fully saturated rings. The van der Waals surface area contributed by atoms with Gasteiger partial charge in [-0.3, -0.25) is 4.79 Å². The molecule has 0 heterocycles. The van der Waals surface area contributed by atoms with E-state index < -0.39 is 23.2 Å². The fourth-order valence-electron chi connectivity index (χ4n) is 1.51. The Labute approximate surface area is 105 Å². The number of hydrogen-bond donors (Lipinski definition) is 1. The SMILES string of the molecule is COC(=O)C(C)(C)C(N)c1ccc(F)c(Cl)c1. The molecule has 0 aromatic heterocycles. The molecule has 1 atom stereocenters. The summed E-state index contributed by atoms with van der Waals surface area (Å²) in [4.78, 5) is 11.6. The normalized spacial score (nSPS) is 13.3. The van der Waals surface area contributed by atoms with E-state index >= 15 is 0 Å². The number of ether oxygens (including phenoxy) is 1. The summed E-state index contributed by atoms with van der Waals surface area (Å²) in [5.41, 5.74) is 5.67. The highest BCUT2D eigenvalue weighted by Gasteiger charge is 2.36. The summed E-state index contributed by atoms with van der Waals surface area (Å²) in [6, 6.07) is 3.54. The quantitative estimate of drug-likeness (QED) is 0.849. The van der Waals surface area contributed by atoms with E-state index in [2.05, 4.69) is 4.74 Å². The minimum atomic E-state index is -0.907. The molecule has 0 aliphatic heterocycles. The van der Waals surface area contributed by atoms with E-state index in [1.54, 1.807) is 13.8 Å². The number of carbonyl (C=O) groups excluding carboxylic acids is 1. The van der Waals surface area contributed by atoms with Crippen LogP contribution in [0.2, 0.25) is 5.02 Å². The molecule has 5 heteroatoms. The number of nitrogens with two attached hydrogens (primary N) is 1. The van der Waals surface area contributed by atoms with Crippen molar-refractivity contribution in [1.29, 1.82) is 0 Å². The van der Waals surface area contributed by atoms with Crippen LogP contribution in [0.25, 0.3) is 0 Å². The van der Waals surface area contributed by atoms with Crippen LogP contribution >= 0.6 is 11.6 Å². The first-order valence-electron chi connectivity index (χ1n) is 5.09. The average molecular weight is 260 g/mol. The van der Waals surface area contributed by atoms with E-state index in [-0.39, 0.29) is 5.02 Å². The minimum Gasteiger partial charge on any atom is -0.469 e. The Kier molecular flexibility index (Phi) is 4.11. The summed E-state index contributed by atoms with van der Waals surface area (Å²) in [6.07, 6.45) is 0. The van der Waals surface area contributed by atoms with Crippen molar-refractivity contribution >= 4 is 17.6 Å². The smallest absolute Gasteiger partial charge is 0.313 e. The van der Waals surface area contributed by atoms with E-state index in [4.69, 9.17) is 17.3 Å². The lowest BCUT2D eigenvalue weighted by Crippen LogP contribution is -2.37. The van der Waals surface area contributed by atoms with Gasteiger partial charge in [-0.15, -0.1) is 0 Å². The van der Waals surface area contributed by atoms with Crippen LogP contribution in [0.4, 0.5) is 4.39 Å². The van der Waals surface area contributed by atoms with Gasteiger partial charge >= 0.3 is 5.97 Å². The first kappa shape index (κ1) is 13.9. The predicted molar refractivity (Wildman–Crippen MR) is 64.1 cm³/mol. The molecule has 94 valence electrons. The second-order valence-electron chi connectivity index (χ2n) is 4.36. The molecule has 0 radical (unpaired) electrons. The van der Waals surface area contributed by atoms with Gasteiger partial charge in [-0.05, 0) is 31.5 Å². The number of rotatable bonds is 3. The number of esters is 1. The maximum absolute atomic E-state index is 13.0. The molecule has 0 spiro atoms. The second-order valence-corrected chi connectivity index (χ2v) is 4.77. The fraction of sp³-hybridized carbons (Fsp3) is 0.417. The van der Waals surface area contributed by atoms with Crippen molar-refractivity contribution in [2.45, 2.75) is 19.9 Å². The summed E-state index contributed by atoms with van der Waals surface area (Å²) in [5.74, 6) is -0.941. The topological polar surface area (TPSA) is 52.3 Å². The summed E-state index contributed by atoms with van der Waals surface area (Å²) in [5, 5.41) is -0.0152. The standard InChI is InChI=1S/C12H15ClFNO2/c1-12(2,11(16)17-3)10(15)7-4-5-9(14)8(13)6-7/h4-6,10H,15H2,1-3H3. The zero-order chi connectivity index (χ0) is 13.2. The highest BCUT2D eigenvalue weighted by molar-refractivity contribution is 6.30. The zero-order valence-corrected chi connectivity index (χ0v) is 10.7. The highest BCUT2D eigenvalue weighted by atomic mass is 35.5. The summed E-state index contributed by atoms with van der Waals surface area (Å²) in [7, 11) is 1.30. The molecule has 0 amide bonds. The van der Waals surface area contributed by atoms with E-state index in [1.807, 2.05) is 0 Å². The zero-order valence-electron chi connectivity index (χ0n) is 9.96. The molecule has 1 aromatic rings. The maximum atomic E-state index is 13.0. The third-order valence-corrected chi connectivity index (χ3v) is 3.08. The van der Waals surface area contributed by atoms with Gasteiger partial charge in [-0.2, -0.15) is 0 Å². The van der Waals surface area contributed by atoms with Crippen molar-refractivity contribution in [3.05, 3.63) is 34.6 Å². The molecule has 0 aliphatic carbocycles. The van der Waals surface area contributed by atoms with Crippen LogP contribution in [0.3, 0.4) is 0 Å². The largest absolute Gasteiger partial charge is 0.469 e. The molecular formula is C12H15ClFNO2. The van der Waals surface area contributed by atoms with Crippen molar-refractivity contribution in [2.24, 2.45) is 11.1 Å². The van der Waals surface area contributed by atoms with Gasteiger partial charge in [-0.1, -0.05) is 17.7 Å². The highest BCUT2D eigenvalue weighted by Crippen LogP contribution is 2.33. The molecule has 3 nitrogen and oxygen atoms in total. The molecule has 0 saturated carbocycles. The fourth-order valence-corrected chi connectivity index (χ4v) is 1.70. The Bertz CT molecular complexity index is 435. The van der Waals surface area contributed by atoms with Crippen LogP contribution < -0.4 is 5.73 Å². The second kappa shape index (κ2) is 5.02. The van der Waals surface area contributed by atoms with Crippen LogP contribution in [0, 0.1) is 11.2 Å². The minimum absolute atomic E-state index is 0.0152. The van der Waals surface area contributed by atoms with Crippen molar-refractivity contribution in [3.63, 3.8) is 0 Å². The molecule has 0 aliphatic rings. The Balaban J connectivity index is 3.07. The Morgan fingerprint density at radius 1 is 1.53 bits per heavy atom. The Morgan fingerprint density at radius 3 is 2.59 bits per heavy atom. The van der Waals surface area contributed by atoms with Crippen LogP contribution in [-0.4, -0.2) is 13.1 Å². The molecule has 0 saturated heterocycles. The van der Waals surface area contributed by atoms with Crippen LogP contribution in [0.1, 0.15) is 25.5 Å². The van der Waals surface area contributed by atoms with Crippen LogP contribution in [0.15, 0.2) is 18.2 Å². The Morgan fingerprint density at radius 2 is 2.12 bits per heavy atom. The molecule has 2 N–H and O–H groups in total. The first-order valence-corrected chi connectivity index (χ1v) is 5.47. The van der Waals surface area contributed by atoms with E-state index in [0.717, 1.165) is 0 Å². The first-order chi connectivity index (χ1) is 7.80. The van der Waals surface area contributed by atoms with E-state index in [0.29, 0.717) is 5.56 Å². The van der Waals surface area contributed by atoms with Crippen molar-refractivity contribution in [2.75, 3.05) is 7.11 Å². The molecule has 0 bridgehead atoms. The maximum Gasteiger partial charge on any atom is 0.313 e. The van der Waals surface area contributed by atoms with Gasteiger partial charge in [0.05, 0.1) is 17.5 Å². The van der Waals surface area contributed by atoms with Gasteiger partial charge in [0.15, 0.2) is 0 Å². The van der Waals surface area contributed by atoms with Crippen LogP contribution in [0.5, 0.6) is 0 Å². The third kappa shape index (κ3) is 2.76. The molecular weight excluding hydrogens is 245 g/mol. The van der Waals surface area contributed by atoms with E-state index in [1.165, 1.54) is 25.3 Å². The monoisotopic (exact) mass is 259 g/mol. The van der Waals surface area contributed by atoms with Gasteiger partial charge in [-0.25, -0.2) is 4.39 Å². The Hall–Kier alpha value is -1.13. The number of halogens is 2. The van der Waals surface area contributed by atoms with Crippen molar-refractivity contribution in [1.82, 2.24) is 0 Å². The number of benzene rings is 1. The predicted octanol–water partition coefficient (Wildman–Crippen LogP) is 2.68. The van der Waals surface area contributed by atoms with Crippen LogP contribution in [-0.2, 0) is 9.53 Å². The number of hydrogen-bond acceptors (Lipinski definition) is 3. The van der Waals surface area contributed by atoms with Gasteiger partial charge in [0.25, 0.3) is 0 Å². The lowest BCUT2D eigenvalue weighted by atomic mass is 9.81. The van der Waals surface area contributed by atoms with Gasteiger partial charge in [0.2, 0.25) is 0 Å².